The van der Waals surface area contributed by atoms with Gasteiger partial charge in [0.05, 0.1) is 42.3 Å². The molecule has 0 atom stereocenters. The third-order valence-electron chi connectivity index (χ3n) is 6.35. The molecule has 42 heavy (non-hydrogen) atoms. The number of benzene rings is 3. The standard InChI is InChI=1S/C32H28N4O4S2/c1-4-40-22-10-12-26-29(17-22)42-32(35-26)36-30(37)14-15-41-31-25(19-33)23(18-27(34-31)20-8-6-5-7-9-20)24-16-21(38-2)11-13-28(24)39-3/h5-13,16-18H,4,14-15H2,1-3H3,(H,35,36,37). The molecule has 8 nitrogen and oxygen atoms in total. The zero-order valence-corrected chi connectivity index (χ0v) is 25.0. The number of ether oxygens (including phenoxy) is 3. The molecule has 5 aromatic rings. The number of hydrogen-bond acceptors (Lipinski definition) is 9. The normalized spacial score (nSPS) is 10.7. The van der Waals surface area contributed by atoms with Crippen LogP contribution in [0.1, 0.15) is 18.9 Å². The number of nitriles is 1. The third kappa shape index (κ3) is 6.48. The number of nitrogens with one attached hydrogen (secondary N) is 1. The van der Waals surface area contributed by atoms with Gasteiger partial charge >= 0.3 is 0 Å². The summed E-state index contributed by atoms with van der Waals surface area (Å²) in [6, 6.07) is 25.1. The quantitative estimate of drug-likeness (QED) is 0.157. The van der Waals surface area contributed by atoms with Crippen molar-refractivity contribution < 1.29 is 19.0 Å². The van der Waals surface area contributed by atoms with Crippen molar-refractivity contribution in [3.05, 3.63) is 78.4 Å². The molecule has 0 unspecified atom stereocenters. The first-order valence-corrected chi connectivity index (χ1v) is 15.0. The highest BCUT2D eigenvalue weighted by Crippen LogP contribution is 2.40. The van der Waals surface area contributed by atoms with Crippen molar-refractivity contribution in [2.75, 3.05) is 31.9 Å². The number of hydrogen-bond donors (Lipinski definition) is 1. The van der Waals surface area contributed by atoms with Crippen LogP contribution in [0.15, 0.2) is 77.8 Å². The van der Waals surface area contributed by atoms with Gasteiger partial charge in [0.25, 0.3) is 0 Å². The fraction of sp³-hybridized carbons (Fsp3) is 0.188. The first-order chi connectivity index (χ1) is 20.5. The van der Waals surface area contributed by atoms with E-state index in [4.69, 9.17) is 19.2 Å². The average Bonchev–Trinajstić information content (AvgIpc) is 3.42. The zero-order valence-electron chi connectivity index (χ0n) is 23.3. The van der Waals surface area contributed by atoms with Gasteiger partial charge in [-0.05, 0) is 49.4 Å². The van der Waals surface area contributed by atoms with Gasteiger partial charge in [0.2, 0.25) is 5.91 Å². The number of pyridine rings is 1. The molecule has 0 aliphatic heterocycles. The lowest BCUT2D eigenvalue weighted by molar-refractivity contribution is -0.115. The van der Waals surface area contributed by atoms with Crippen LogP contribution in [0.2, 0.25) is 0 Å². The van der Waals surface area contributed by atoms with Gasteiger partial charge in [-0.15, -0.1) is 11.8 Å². The van der Waals surface area contributed by atoms with E-state index in [-0.39, 0.29) is 12.3 Å². The Morgan fingerprint density at radius 2 is 1.79 bits per heavy atom. The third-order valence-corrected chi connectivity index (χ3v) is 8.26. The molecule has 2 aromatic heterocycles. The van der Waals surface area contributed by atoms with E-state index < -0.39 is 0 Å². The molecule has 10 heteroatoms. The summed E-state index contributed by atoms with van der Waals surface area (Å²) in [5, 5.41) is 14.2. The lowest BCUT2D eigenvalue weighted by Crippen LogP contribution is -2.12. The average molecular weight is 597 g/mol. The summed E-state index contributed by atoms with van der Waals surface area (Å²) in [6.45, 7) is 2.51. The molecule has 1 amide bonds. The van der Waals surface area contributed by atoms with Gasteiger partial charge < -0.3 is 19.5 Å². The van der Waals surface area contributed by atoms with E-state index >= 15 is 0 Å². The zero-order chi connectivity index (χ0) is 29.5. The molecule has 0 bridgehead atoms. The summed E-state index contributed by atoms with van der Waals surface area (Å²) in [5.41, 5.74) is 4.22. The van der Waals surface area contributed by atoms with Crippen LogP contribution in [0.4, 0.5) is 5.13 Å². The molecule has 0 radical (unpaired) electrons. The largest absolute Gasteiger partial charge is 0.497 e. The van der Waals surface area contributed by atoms with E-state index in [1.165, 1.54) is 23.1 Å². The highest BCUT2D eigenvalue weighted by atomic mass is 32.2. The van der Waals surface area contributed by atoms with E-state index in [1.807, 2.05) is 79.7 Å². The monoisotopic (exact) mass is 596 g/mol. The second kappa shape index (κ2) is 13.4. The van der Waals surface area contributed by atoms with Crippen LogP contribution in [0.3, 0.4) is 0 Å². The van der Waals surface area contributed by atoms with Crippen molar-refractivity contribution in [2.24, 2.45) is 0 Å². The van der Waals surface area contributed by atoms with E-state index in [1.54, 1.807) is 14.2 Å². The predicted octanol–water partition coefficient (Wildman–Crippen LogP) is 7.43. The minimum absolute atomic E-state index is 0.168. The molecular formula is C32H28N4O4S2. The van der Waals surface area contributed by atoms with E-state index in [9.17, 15) is 10.1 Å². The van der Waals surface area contributed by atoms with Crippen molar-refractivity contribution in [2.45, 2.75) is 18.4 Å². The number of amides is 1. The van der Waals surface area contributed by atoms with Crippen LogP contribution in [0, 0.1) is 11.3 Å². The molecule has 0 aliphatic rings. The summed E-state index contributed by atoms with van der Waals surface area (Å²) in [6.07, 6.45) is 0.213. The molecule has 0 saturated carbocycles. The number of rotatable bonds is 11. The highest BCUT2D eigenvalue weighted by molar-refractivity contribution is 7.99. The van der Waals surface area contributed by atoms with Crippen LogP contribution in [0.5, 0.6) is 17.2 Å². The van der Waals surface area contributed by atoms with Crippen LogP contribution in [0.25, 0.3) is 32.6 Å². The minimum atomic E-state index is -0.168. The van der Waals surface area contributed by atoms with Crippen molar-refractivity contribution in [1.29, 1.82) is 5.26 Å². The Kier molecular flexibility index (Phi) is 9.21. The van der Waals surface area contributed by atoms with Gasteiger partial charge in [0.1, 0.15) is 28.3 Å². The maximum Gasteiger partial charge on any atom is 0.226 e. The molecule has 0 saturated heterocycles. The van der Waals surface area contributed by atoms with E-state index in [0.717, 1.165) is 27.1 Å². The second-order valence-corrected chi connectivity index (χ2v) is 11.1. The van der Waals surface area contributed by atoms with Gasteiger partial charge in [-0.2, -0.15) is 5.26 Å². The van der Waals surface area contributed by atoms with Gasteiger partial charge in [0, 0.05) is 28.9 Å². The molecule has 5 rings (SSSR count). The first-order valence-electron chi connectivity index (χ1n) is 13.2. The van der Waals surface area contributed by atoms with Gasteiger partial charge in [-0.3, -0.25) is 4.79 Å². The molecule has 1 N–H and O–H groups in total. The number of thioether (sulfide) groups is 1. The fourth-order valence-corrected chi connectivity index (χ4v) is 6.22. The topological polar surface area (TPSA) is 106 Å². The van der Waals surface area contributed by atoms with Gasteiger partial charge in [0.15, 0.2) is 5.13 Å². The Bertz CT molecular complexity index is 1770. The molecule has 212 valence electrons. The van der Waals surface area contributed by atoms with Gasteiger partial charge in [-0.1, -0.05) is 41.7 Å². The predicted molar refractivity (Wildman–Crippen MR) is 168 cm³/mol. The molecule has 0 fully saturated rings. The smallest absolute Gasteiger partial charge is 0.226 e. The number of thiazole rings is 1. The lowest BCUT2D eigenvalue weighted by Gasteiger charge is -2.15. The number of anilines is 1. The highest BCUT2D eigenvalue weighted by Gasteiger charge is 2.20. The molecule has 2 heterocycles. The van der Waals surface area contributed by atoms with E-state index in [2.05, 4.69) is 16.4 Å². The van der Waals surface area contributed by atoms with E-state index in [0.29, 0.717) is 50.8 Å². The molecular weight excluding hydrogens is 569 g/mol. The van der Waals surface area contributed by atoms with Crippen molar-refractivity contribution in [1.82, 2.24) is 9.97 Å². The number of methoxy groups -OCH3 is 2. The Hall–Kier alpha value is -4.59. The maximum atomic E-state index is 12.8. The summed E-state index contributed by atoms with van der Waals surface area (Å²) >= 11 is 2.76. The second-order valence-electron chi connectivity index (χ2n) is 9.01. The lowest BCUT2D eigenvalue weighted by atomic mass is 9.98. The Morgan fingerprint density at radius 3 is 2.52 bits per heavy atom. The number of carbonyl (C=O) groups excluding carboxylic acids is 1. The van der Waals surface area contributed by atoms with Gasteiger partial charge in [-0.25, -0.2) is 9.97 Å². The van der Waals surface area contributed by atoms with Crippen LogP contribution >= 0.6 is 23.1 Å². The Labute approximate surface area is 252 Å². The summed E-state index contributed by atoms with van der Waals surface area (Å²) in [5.74, 6) is 2.27. The number of fused-ring (bicyclic) bond motifs is 1. The summed E-state index contributed by atoms with van der Waals surface area (Å²) in [4.78, 5) is 22.2. The maximum absolute atomic E-state index is 12.8. The van der Waals surface area contributed by atoms with Crippen molar-refractivity contribution >= 4 is 44.4 Å². The summed E-state index contributed by atoms with van der Waals surface area (Å²) < 4.78 is 17.6. The molecule has 0 spiro atoms. The number of aromatic nitrogens is 2. The number of carbonyl (C=O) groups is 1. The molecule has 0 aliphatic carbocycles. The SMILES string of the molecule is CCOc1ccc2nc(NC(=O)CCSc3nc(-c4ccccc4)cc(-c4cc(OC)ccc4OC)c3C#N)sc2c1. The van der Waals surface area contributed by atoms with Crippen molar-refractivity contribution in [3.8, 4) is 45.7 Å². The summed E-state index contributed by atoms with van der Waals surface area (Å²) in [7, 11) is 3.19. The van der Waals surface area contributed by atoms with Crippen molar-refractivity contribution in [3.63, 3.8) is 0 Å². The fourth-order valence-electron chi connectivity index (χ4n) is 4.36. The Balaban J connectivity index is 1.40. The first kappa shape index (κ1) is 28.9. The van der Waals surface area contributed by atoms with Crippen LogP contribution < -0.4 is 19.5 Å². The van der Waals surface area contributed by atoms with Crippen LogP contribution in [-0.2, 0) is 4.79 Å². The van der Waals surface area contributed by atoms with Crippen LogP contribution in [-0.4, -0.2) is 42.5 Å². The number of nitrogens with zero attached hydrogens (tertiary/aromatic N) is 3. The minimum Gasteiger partial charge on any atom is -0.497 e. The molecule has 3 aromatic carbocycles. The Morgan fingerprint density at radius 1 is 0.976 bits per heavy atom.